The fourth-order valence-corrected chi connectivity index (χ4v) is 2.85. The Labute approximate surface area is 135 Å². The lowest BCUT2D eigenvalue weighted by Gasteiger charge is -2.15. The van der Waals surface area contributed by atoms with Crippen LogP contribution in [0.1, 0.15) is 32.0 Å². The summed E-state index contributed by atoms with van der Waals surface area (Å²) in [6.45, 7) is 7.48. The first-order valence-corrected chi connectivity index (χ1v) is 8.14. The Morgan fingerprint density at radius 3 is 2.82 bits per heavy atom. The smallest absolute Gasteiger partial charge is 0.240 e. The summed E-state index contributed by atoms with van der Waals surface area (Å²) >= 11 is 1.47. The Balaban J connectivity index is 1.78. The number of H-pyrrole nitrogens is 1. The highest BCUT2D eigenvalue weighted by molar-refractivity contribution is 7.13. The summed E-state index contributed by atoms with van der Waals surface area (Å²) in [5, 5.41) is 12.2. The summed E-state index contributed by atoms with van der Waals surface area (Å²) in [5.74, 6) is -0.0375. The van der Waals surface area contributed by atoms with Crippen LogP contribution < -0.4 is 5.32 Å². The van der Waals surface area contributed by atoms with Crippen molar-refractivity contribution >= 4 is 22.4 Å². The second kappa shape index (κ2) is 7.02. The zero-order chi connectivity index (χ0) is 16.2. The zero-order valence-corrected chi connectivity index (χ0v) is 14.3. The Kier molecular flexibility index (Phi) is 5.31. The number of likely N-dealkylation sites (N-methyl/N-ethyl adjacent to an activating group) is 1. The van der Waals surface area contributed by atoms with Crippen LogP contribution in [0.25, 0.3) is 0 Å². The number of anilines is 1. The van der Waals surface area contributed by atoms with Gasteiger partial charge in [0.15, 0.2) is 5.13 Å². The number of hydrogen-bond donors (Lipinski definition) is 2. The summed E-state index contributed by atoms with van der Waals surface area (Å²) in [6.07, 6.45) is 4.54. The van der Waals surface area contributed by atoms with E-state index in [1.54, 1.807) is 6.20 Å². The Morgan fingerprint density at radius 1 is 1.45 bits per heavy atom. The van der Waals surface area contributed by atoms with E-state index < -0.39 is 0 Å². The molecule has 0 aromatic carbocycles. The number of aromatic amines is 1. The van der Waals surface area contributed by atoms with E-state index >= 15 is 0 Å². The minimum atomic E-state index is -0.0375. The molecule has 2 aromatic heterocycles. The SMILES string of the molecule is CN(CCc1cn[nH]c1)CC(=O)Nc1nc(C(C)(C)C)cs1. The minimum absolute atomic E-state index is 0.000856. The number of rotatable bonds is 6. The first-order chi connectivity index (χ1) is 10.3. The normalized spacial score (nSPS) is 11.9. The van der Waals surface area contributed by atoms with Crippen molar-refractivity contribution in [1.82, 2.24) is 20.1 Å². The van der Waals surface area contributed by atoms with E-state index in [2.05, 4.69) is 41.3 Å². The third-order valence-electron chi connectivity index (χ3n) is 3.27. The lowest BCUT2D eigenvalue weighted by molar-refractivity contribution is -0.117. The van der Waals surface area contributed by atoms with Gasteiger partial charge in [-0.1, -0.05) is 20.8 Å². The van der Waals surface area contributed by atoms with E-state index in [0.29, 0.717) is 11.7 Å². The minimum Gasteiger partial charge on any atom is -0.301 e. The summed E-state index contributed by atoms with van der Waals surface area (Å²) in [5.41, 5.74) is 2.14. The number of amides is 1. The van der Waals surface area contributed by atoms with Crippen LogP contribution >= 0.6 is 11.3 Å². The van der Waals surface area contributed by atoms with Gasteiger partial charge >= 0.3 is 0 Å². The molecule has 2 heterocycles. The highest BCUT2D eigenvalue weighted by Crippen LogP contribution is 2.26. The number of thiazole rings is 1. The molecule has 2 aromatic rings. The first-order valence-electron chi connectivity index (χ1n) is 7.26. The molecule has 0 aliphatic carbocycles. The molecule has 7 heteroatoms. The van der Waals surface area contributed by atoms with Crippen LogP contribution in [0.4, 0.5) is 5.13 Å². The molecule has 0 fully saturated rings. The van der Waals surface area contributed by atoms with Crippen LogP contribution in [0.2, 0.25) is 0 Å². The van der Waals surface area contributed by atoms with Crippen molar-refractivity contribution < 1.29 is 4.79 Å². The van der Waals surface area contributed by atoms with Gasteiger partial charge in [0.05, 0.1) is 18.4 Å². The van der Waals surface area contributed by atoms with Gasteiger partial charge < -0.3 is 5.32 Å². The van der Waals surface area contributed by atoms with Gasteiger partial charge in [-0.25, -0.2) is 4.98 Å². The fraction of sp³-hybridized carbons (Fsp3) is 0.533. The molecule has 0 saturated carbocycles. The van der Waals surface area contributed by atoms with E-state index in [1.165, 1.54) is 11.3 Å². The molecule has 0 saturated heterocycles. The predicted molar refractivity (Wildman–Crippen MR) is 89.2 cm³/mol. The van der Waals surface area contributed by atoms with Crippen molar-refractivity contribution in [3.05, 3.63) is 29.0 Å². The average Bonchev–Trinajstić information content (AvgIpc) is 3.05. The van der Waals surface area contributed by atoms with Crippen molar-refractivity contribution in [3.63, 3.8) is 0 Å². The Hall–Kier alpha value is -1.73. The number of hydrogen-bond acceptors (Lipinski definition) is 5. The quantitative estimate of drug-likeness (QED) is 0.856. The molecule has 22 heavy (non-hydrogen) atoms. The molecular formula is C15H23N5OS. The van der Waals surface area contributed by atoms with E-state index in [9.17, 15) is 4.79 Å². The van der Waals surface area contributed by atoms with Crippen molar-refractivity contribution in [1.29, 1.82) is 0 Å². The van der Waals surface area contributed by atoms with Crippen LogP contribution in [0.3, 0.4) is 0 Å². The molecule has 0 unspecified atom stereocenters. The van der Waals surface area contributed by atoms with Gasteiger partial charge in [-0.3, -0.25) is 14.8 Å². The monoisotopic (exact) mass is 321 g/mol. The number of aromatic nitrogens is 3. The summed E-state index contributed by atoms with van der Waals surface area (Å²) in [6, 6.07) is 0. The standard InChI is InChI=1S/C15H23N5OS/c1-15(2,3)12-10-22-14(18-12)19-13(21)9-20(4)6-5-11-7-16-17-8-11/h7-8,10H,5-6,9H2,1-4H3,(H,16,17)(H,18,19,21). The summed E-state index contributed by atoms with van der Waals surface area (Å²) < 4.78 is 0. The van der Waals surface area contributed by atoms with E-state index in [4.69, 9.17) is 0 Å². The van der Waals surface area contributed by atoms with Gasteiger partial charge in [0, 0.05) is 23.5 Å². The number of carbonyl (C=O) groups excluding carboxylic acids is 1. The number of carbonyl (C=O) groups is 1. The molecule has 1 amide bonds. The third-order valence-corrected chi connectivity index (χ3v) is 4.03. The van der Waals surface area contributed by atoms with Crippen LogP contribution in [0.15, 0.2) is 17.8 Å². The molecule has 0 radical (unpaired) electrons. The molecular weight excluding hydrogens is 298 g/mol. The van der Waals surface area contributed by atoms with Crippen molar-refractivity contribution in [3.8, 4) is 0 Å². The van der Waals surface area contributed by atoms with Gasteiger partial charge in [0.2, 0.25) is 5.91 Å². The topological polar surface area (TPSA) is 73.9 Å². The van der Waals surface area contributed by atoms with Crippen LogP contribution in [-0.4, -0.2) is 46.1 Å². The van der Waals surface area contributed by atoms with E-state index in [0.717, 1.165) is 24.2 Å². The fourth-order valence-electron chi connectivity index (χ4n) is 1.89. The van der Waals surface area contributed by atoms with Crippen molar-refractivity contribution in [2.75, 3.05) is 25.5 Å². The summed E-state index contributed by atoms with van der Waals surface area (Å²) in [7, 11) is 1.93. The van der Waals surface area contributed by atoms with Gasteiger partial charge in [-0.2, -0.15) is 5.10 Å². The second-order valence-electron chi connectivity index (χ2n) is 6.43. The lowest BCUT2D eigenvalue weighted by Crippen LogP contribution is -2.31. The van der Waals surface area contributed by atoms with Crippen LogP contribution in [-0.2, 0) is 16.6 Å². The first kappa shape index (κ1) is 16.6. The van der Waals surface area contributed by atoms with Gasteiger partial charge in [-0.15, -0.1) is 11.3 Å². The molecule has 120 valence electrons. The Morgan fingerprint density at radius 2 is 2.23 bits per heavy atom. The van der Waals surface area contributed by atoms with Gasteiger partial charge in [0.1, 0.15) is 0 Å². The molecule has 0 aliphatic rings. The molecule has 2 N–H and O–H groups in total. The third kappa shape index (κ3) is 4.92. The highest BCUT2D eigenvalue weighted by atomic mass is 32.1. The van der Waals surface area contributed by atoms with Crippen molar-refractivity contribution in [2.24, 2.45) is 0 Å². The second-order valence-corrected chi connectivity index (χ2v) is 7.29. The van der Waals surface area contributed by atoms with Crippen LogP contribution in [0.5, 0.6) is 0 Å². The molecule has 0 atom stereocenters. The summed E-state index contributed by atoms with van der Waals surface area (Å²) in [4.78, 5) is 18.5. The largest absolute Gasteiger partial charge is 0.301 e. The Bertz CT molecular complexity index is 600. The van der Waals surface area contributed by atoms with Crippen LogP contribution in [0, 0.1) is 0 Å². The van der Waals surface area contributed by atoms with E-state index in [1.807, 2.05) is 23.5 Å². The maximum Gasteiger partial charge on any atom is 0.240 e. The molecule has 0 spiro atoms. The molecule has 2 rings (SSSR count). The molecule has 6 nitrogen and oxygen atoms in total. The lowest BCUT2D eigenvalue weighted by atomic mass is 9.93. The maximum atomic E-state index is 12.0. The average molecular weight is 321 g/mol. The van der Waals surface area contributed by atoms with Gasteiger partial charge in [-0.05, 0) is 19.0 Å². The number of nitrogens with one attached hydrogen (secondary N) is 2. The highest BCUT2D eigenvalue weighted by Gasteiger charge is 2.18. The number of nitrogens with zero attached hydrogens (tertiary/aromatic N) is 3. The zero-order valence-electron chi connectivity index (χ0n) is 13.5. The molecule has 0 bridgehead atoms. The predicted octanol–water partition coefficient (Wildman–Crippen LogP) is 2.28. The van der Waals surface area contributed by atoms with Crippen molar-refractivity contribution in [2.45, 2.75) is 32.6 Å². The maximum absolute atomic E-state index is 12.0. The van der Waals surface area contributed by atoms with E-state index in [-0.39, 0.29) is 11.3 Å². The molecule has 0 aliphatic heterocycles. The van der Waals surface area contributed by atoms with Gasteiger partial charge in [0.25, 0.3) is 0 Å².